The average Bonchev–Trinajstić information content (AvgIpc) is 2.54. The topological polar surface area (TPSA) is 26.3 Å². The molecule has 0 aliphatic carbocycles. The van der Waals surface area contributed by atoms with Crippen molar-refractivity contribution < 1.29 is 9.53 Å². The van der Waals surface area contributed by atoms with Gasteiger partial charge in [-0.15, -0.1) is 0 Å². The normalized spacial score (nSPS) is 13.0. The van der Waals surface area contributed by atoms with Crippen molar-refractivity contribution in [3.05, 3.63) is 46.6 Å². The smallest absolute Gasteiger partial charge is 0.305 e. The lowest BCUT2D eigenvalue weighted by Gasteiger charge is -2.03. The third-order valence-electron chi connectivity index (χ3n) is 4.12. The highest BCUT2D eigenvalue weighted by atomic mass is 16.5. The van der Waals surface area contributed by atoms with Gasteiger partial charge in [-0.2, -0.15) is 0 Å². The Morgan fingerprint density at radius 2 is 1.16 bits per heavy atom. The molecular weight excluding hydrogens is 308 g/mol. The Kier molecular flexibility index (Phi) is 13.8. The highest BCUT2D eigenvalue weighted by molar-refractivity contribution is 5.68. The van der Waals surface area contributed by atoms with Crippen LogP contribution in [0, 0.1) is 0 Å². The molecule has 0 unspecified atom stereocenters. The summed E-state index contributed by atoms with van der Waals surface area (Å²) >= 11 is 0. The number of carbonyl (C=O) groups is 1. The van der Waals surface area contributed by atoms with Crippen LogP contribution < -0.4 is 0 Å². The first-order valence-electron chi connectivity index (χ1n) is 9.61. The third kappa shape index (κ3) is 15.7. The summed E-state index contributed by atoms with van der Waals surface area (Å²) in [6, 6.07) is 0. The molecule has 0 amide bonds. The number of esters is 1. The number of allylic oxidation sites excluding steroid dienone is 7. The highest BCUT2D eigenvalue weighted by Gasteiger charge is 1.96. The van der Waals surface area contributed by atoms with E-state index in [-0.39, 0.29) is 5.97 Å². The van der Waals surface area contributed by atoms with Crippen molar-refractivity contribution in [3.63, 3.8) is 0 Å². The largest absolute Gasteiger partial charge is 0.461 e. The van der Waals surface area contributed by atoms with Crippen molar-refractivity contribution in [2.24, 2.45) is 0 Å². The van der Waals surface area contributed by atoms with Crippen LogP contribution in [0.25, 0.3) is 0 Å². The second kappa shape index (κ2) is 14.7. The molecule has 0 fully saturated rings. The summed E-state index contributed by atoms with van der Waals surface area (Å²) in [5, 5.41) is 0. The van der Waals surface area contributed by atoms with Crippen molar-refractivity contribution in [2.45, 2.75) is 86.5 Å². The molecule has 142 valence electrons. The van der Waals surface area contributed by atoms with Gasteiger partial charge in [0.25, 0.3) is 0 Å². The Bertz CT molecular complexity index is 500. The lowest BCUT2D eigenvalue weighted by Crippen LogP contribution is -2.02. The molecule has 0 bridgehead atoms. The van der Waals surface area contributed by atoms with Gasteiger partial charge in [0.05, 0.1) is 0 Å². The van der Waals surface area contributed by atoms with Crippen molar-refractivity contribution >= 4 is 5.97 Å². The molecule has 0 heterocycles. The molecule has 25 heavy (non-hydrogen) atoms. The van der Waals surface area contributed by atoms with Crippen LogP contribution in [-0.2, 0) is 9.53 Å². The molecule has 0 aromatic heterocycles. The van der Waals surface area contributed by atoms with E-state index < -0.39 is 0 Å². The maximum absolute atomic E-state index is 11.1. The second-order valence-corrected chi connectivity index (χ2v) is 7.09. The molecule has 0 atom stereocenters. The van der Waals surface area contributed by atoms with Gasteiger partial charge in [0.15, 0.2) is 0 Å². The zero-order valence-corrected chi connectivity index (χ0v) is 17.3. The Hall–Kier alpha value is -1.57. The molecule has 0 spiro atoms. The maximum atomic E-state index is 11.1. The van der Waals surface area contributed by atoms with Gasteiger partial charge in [-0.3, -0.25) is 4.79 Å². The molecule has 0 N–H and O–H groups in total. The van der Waals surface area contributed by atoms with Crippen LogP contribution >= 0.6 is 0 Å². The van der Waals surface area contributed by atoms with Crippen LogP contribution in [0.5, 0.6) is 0 Å². The minimum absolute atomic E-state index is 0.135. The molecule has 0 aromatic rings. The first kappa shape index (κ1) is 23.4. The maximum Gasteiger partial charge on any atom is 0.305 e. The van der Waals surface area contributed by atoms with Gasteiger partial charge >= 0.3 is 5.97 Å². The van der Waals surface area contributed by atoms with E-state index in [1.165, 1.54) is 28.7 Å². The quantitative estimate of drug-likeness (QED) is 0.278. The van der Waals surface area contributed by atoms with Crippen molar-refractivity contribution in [2.75, 3.05) is 6.61 Å². The van der Waals surface area contributed by atoms with E-state index in [0.717, 1.165) is 32.1 Å². The predicted molar refractivity (Wildman–Crippen MR) is 110 cm³/mol. The molecule has 0 aliphatic heterocycles. The van der Waals surface area contributed by atoms with Gasteiger partial charge in [0, 0.05) is 6.42 Å². The predicted octanol–water partition coefficient (Wildman–Crippen LogP) is 7.09. The molecule has 0 radical (unpaired) electrons. The molecule has 2 heteroatoms. The van der Waals surface area contributed by atoms with Crippen molar-refractivity contribution in [3.8, 4) is 0 Å². The Labute approximate surface area is 155 Å². The Morgan fingerprint density at radius 1 is 0.720 bits per heavy atom. The minimum Gasteiger partial charge on any atom is -0.461 e. The first-order valence-corrected chi connectivity index (χ1v) is 9.61. The summed E-state index contributed by atoms with van der Waals surface area (Å²) in [7, 11) is 0. The van der Waals surface area contributed by atoms with E-state index in [4.69, 9.17) is 4.74 Å². The van der Waals surface area contributed by atoms with Crippen LogP contribution in [0.15, 0.2) is 46.6 Å². The van der Waals surface area contributed by atoms with Gasteiger partial charge in [-0.05, 0) is 79.2 Å². The fourth-order valence-electron chi connectivity index (χ4n) is 2.37. The molecular formula is C23H38O2. The van der Waals surface area contributed by atoms with E-state index in [1.807, 2.05) is 13.0 Å². The van der Waals surface area contributed by atoms with Crippen LogP contribution in [0.4, 0.5) is 0 Å². The molecule has 0 aliphatic rings. The summed E-state index contributed by atoms with van der Waals surface area (Å²) in [5.41, 5.74) is 5.63. The summed E-state index contributed by atoms with van der Waals surface area (Å²) < 4.78 is 5.06. The lowest BCUT2D eigenvalue weighted by molar-refractivity contribution is -0.141. The number of hydrogen-bond acceptors (Lipinski definition) is 2. The third-order valence-corrected chi connectivity index (χ3v) is 4.12. The van der Waals surface area contributed by atoms with Crippen LogP contribution in [0.3, 0.4) is 0 Å². The highest BCUT2D eigenvalue weighted by Crippen LogP contribution is 2.13. The summed E-state index contributed by atoms with van der Waals surface area (Å²) in [5.74, 6) is -0.135. The van der Waals surface area contributed by atoms with Crippen molar-refractivity contribution in [1.29, 1.82) is 0 Å². The lowest BCUT2D eigenvalue weighted by atomic mass is 10.0. The van der Waals surface area contributed by atoms with Crippen molar-refractivity contribution in [1.82, 2.24) is 0 Å². The molecule has 0 saturated carbocycles. The fraction of sp³-hybridized carbons (Fsp3) is 0.609. The van der Waals surface area contributed by atoms with E-state index in [2.05, 4.69) is 52.8 Å². The number of rotatable bonds is 12. The van der Waals surface area contributed by atoms with Gasteiger partial charge in [-0.25, -0.2) is 0 Å². The summed E-state index contributed by atoms with van der Waals surface area (Å²) in [6.45, 7) is 13.1. The van der Waals surface area contributed by atoms with E-state index in [9.17, 15) is 4.79 Å². The van der Waals surface area contributed by atoms with Gasteiger partial charge in [0.2, 0.25) is 0 Å². The zero-order valence-electron chi connectivity index (χ0n) is 17.3. The van der Waals surface area contributed by atoms with Gasteiger partial charge < -0.3 is 4.74 Å². The van der Waals surface area contributed by atoms with E-state index in [1.54, 1.807) is 0 Å². The standard InChI is InChI=1S/C23H38O2/c1-7-23(24)25-18-17-22(6)16-10-15-21(5)14-9-13-20(4)12-8-11-19(2)3/h11,13,15,17H,7-10,12,14,16,18H2,1-6H3/b20-13+,21-15+,22-17+. The van der Waals surface area contributed by atoms with E-state index >= 15 is 0 Å². The molecule has 2 nitrogen and oxygen atoms in total. The SMILES string of the molecule is CCC(=O)OC/C=C(\C)CC/C=C(\C)CC/C=C(\C)CCC=C(C)C. The van der Waals surface area contributed by atoms with Crippen LogP contribution in [0.2, 0.25) is 0 Å². The summed E-state index contributed by atoms with van der Waals surface area (Å²) in [4.78, 5) is 11.1. The molecule has 0 saturated heterocycles. The monoisotopic (exact) mass is 346 g/mol. The van der Waals surface area contributed by atoms with Gasteiger partial charge in [0.1, 0.15) is 6.61 Å². The van der Waals surface area contributed by atoms with Gasteiger partial charge in [-0.1, -0.05) is 47.4 Å². The van der Waals surface area contributed by atoms with Crippen LogP contribution in [0.1, 0.15) is 86.5 Å². The van der Waals surface area contributed by atoms with Crippen LogP contribution in [-0.4, -0.2) is 12.6 Å². The molecule has 0 rings (SSSR count). The average molecular weight is 347 g/mol. The first-order chi connectivity index (χ1) is 11.8. The fourth-order valence-corrected chi connectivity index (χ4v) is 2.37. The molecule has 0 aromatic carbocycles. The minimum atomic E-state index is -0.135. The number of hydrogen-bond donors (Lipinski definition) is 0. The number of carbonyl (C=O) groups excluding carboxylic acids is 1. The second-order valence-electron chi connectivity index (χ2n) is 7.09. The Morgan fingerprint density at radius 3 is 1.60 bits per heavy atom. The Balaban J connectivity index is 3.99. The zero-order chi connectivity index (χ0) is 19.1. The number of ether oxygens (including phenoxy) is 1. The summed E-state index contributed by atoms with van der Waals surface area (Å²) in [6.07, 6.45) is 16.1. The van der Waals surface area contributed by atoms with E-state index in [0.29, 0.717) is 13.0 Å².